The molecule has 1 N–H and O–H groups in total. The van der Waals surface area contributed by atoms with E-state index in [1.807, 2.05) is 13.8 Å². The normalized spacial score (nSPS) is 31.3. The lowest BCUT2D eigenvalue weighted by Gasteiger charge is -2.29. The van der Waals surface area contributed by atoms with Crippen molar-refractivity contribution in [3.63, 3.8) is 0 Å². The van der Waals surface area contributed by atoms with Crippen LogP contribution in [0.5, 0.6) is 0 Å². The summed E-state index contributed by atoms with van der Waals surface area (Å²) in [6.45, 7) is 6.63. The van der Waals surface area contributed by atoms with Gasteiger partial charge in [-0.3, -0.25) is 9.78 Å². The zero-order valence-electron chi connectivity index (χ0n) is 15.8. The third-order valence-corrected chi connectivity index (χ3v) is 6.46. The fourth-order valence-electron chi connectivity index (χ4n) is 5.36. The molecule has 3 aliphatic heterocycles. The molecule has 3 fully saturated rings. The molecule has 2 bridgehead atoms. The van der Waals surface area contributed by atoms with Gasteiger partial charge in [0.25, 0.3) is 5.91 Å². The van der Waals surface area contributed by atoms with Gasteiger partial charge in [0.2, 0.25) is 0 Å². The summed E-state index contributed by atoms with van der Waals surface area (Å²) in [7, 11) is 0. The summed E-state index contributed by atoms with van der Waals surface area (Å²) < 4.78 is 11.7. The number of nitrogens with zero attached hydrogens (tertiary/aromatic N) is 2. The van der Waals surface area contributed by atoms with Crippen molar-refractivity contribution in [1.29, 1.82) is 0 Å². The monoisotopic (exact) mass is 367 g/mol. The highest BCUT2D eigenvalue weighted by atomic mass is 16.5. The fourth-order valence-corrected chi connectivity index (χ4v) is 5.36. The van der Waals surface area contributed by atoms with Gasteiger partial charge in [0.1, 0.15) is 0 Å². The smallest absolute Gasteiger partial charge is 0.286 e. The van der Waals surface area contributed by atoms with Crippen LogP contribution in [0.3, 0.4) is 0 Å². The summed E-state index contributed by atoms with van der Waals surface area (Å²) in [5.41, 5.74) is 3.27. The Bertz CT molecular complexity index is 845. The van der Waals surface area contributed by atoms with Crippen LogP contribution >= 0.6 is 0 Å². The van der Waals surface area contributed by atoms with Crippen LogP contribution in [-0.2, 0) is 4.74 Å². The average Bonchev–Trinajstić information content (AvgIpc) is 3.38. The van der Waals surface area contributed by atoms with E-state index < -0.39 is 0 Å². The van der Waals surface area contributed by atoms with E-state index in [1.165, 1.54) is 12.0 Å². The summed E-state index contributed by atoms with van der Waals surface area (Å²) in [6, 6.07) is 7.74. The van der Waals surface area contributed by atoms with Gasteiger partial charge >= 0.3 is 0 Å². The van der Waals surface area contributed by atoms with Crippen LogP contribution in [0, 0.1) is 25.7 Å². The first-order valence-electron chi connectivity index (χ1n) is 9.74. The van der Waals surface area contributed by atoms with Gasteiger partial charge in [-0.05, 0) is 51.0 Å². The molecule has 5 heterocycles. The number of carbonyl (C=O) groups excluding carboxylic acids is 1. The molecule has 5 rings (SSSR count). The zero-order chi connectivity index (χ0) is 18.6. The van der Waals surface area contributed by atoms with Gasteiger partial charge in [0.15, 0.2) is 5.76 Å². The molecule has 142 valence electrons. The molecule has 3 saturated heterocycles. The third kappa shape index (κ3) is 2.74. The molecular formula is C21H25N3O3. The molecule has 3 aliphatic rings. The quantitative estimate of drug-likeness (QED) is 0.900. The number of aromatic nitrogens is 1. The molecule has 27 heavy (non-hydrogen) atoms. The summed E-state index contributed by atoms with van der Waals surface area (Å²) in [6.07, 6.45) is 3.98. The first-order valence-corrected chi connectivity index (χ1v) is 9.74. The second-order valence-corrected chi connectivity index (χ2v) is 8.21. The maximum absolute atomic E-state index is 12.3. The van der Waals surface area contributed by atoms with Crippen LogP contribution in [0.1, 0.15) is 34.8 Å². The molecule has 2 aromatic rings. The van der Waals surface area contributed by atoms with Crippen molar-refractivity contribution in [2.75, 3.05) is 24.5 Å². The minimum Gasteiger partial charge on any atom is -0.459 e. The number of ether oxygens (including phenoxy) is 1. The number of fused-ring (bicyclic) bond motifs is 1. The Morgan fingerprint density at radius 2 is 2.19 bits per heavy atom. The number of furan rings is 1. The lowest BCUT2D eigenvalue weighted by Crippen LogP contribution is -2.41. The van der Waals surface area contributed by atoms with Gasteiger partial charge < -0.3 is 19.4 Å². The summed E-state index contributed by atoms with van der Waals surface area (Å²) in [5, 5.41) is 3.05. The van der Waals surface area contributed by atoms with E-state index in [0.29, 0.717) is 24.1 Å². The first kappa shape index (κ1) is 16.8. The molecule has 4 atom stereocenters. The highest BCUT2D eigenvalue weighted by molar-refractivity contribution is 5.91. The second kappa shape index (κ2) is 6.09. The number of nitrogens with one attached hydrogen (secondary N) is 1. The van der Waals surface area contributed by atoms with E-state index in [1.54, 1.807) is 12.1 Å². The Labute approximate surface area is 158 Å². The largest absolute Gasteiger partial charge is 0.459 e. The highest BCUT2D eigenvalue weighted by Gasteiger charge is 2.62. The van der Waals surface area contributed by atoms with E-state index >= 15 is 0 Å². The molecule has 2 aromatic heterocycles. The number of aryl methyl sites for hydroxylation is 2. The van der Waals surface area contributed by atoms with Crippen molar-refractivity contribution in [2.45, 2.75) is 38.4 Å². The molecule has 1 spiro atoms. The Hall–Kier alpha value is -2.34. The van der Waals surface area contributed by atoms with E-state index in [-0.39, 0.29) is 17.6 Å². The summed E-state index contributed by atoms with van der Waals surface area (Å²) >= 11 is 0. The topological polar surface area (TPSA) is 67.6 Å². The van der Waals surface area contributed by atoms with Crippen LogP contribution in [0.25, 0.3) is 0 Å². The Morgan fingerprint density at radius 3 is 2.93 bits per heavy atom. The minimum absolute atomic E-state index is 0.0597. The molecule has 0 aliphatic carbocycles. The number of rotatable bonds is 4. The zero-order valence-corrected chi connectivity index (χ0v) is 15.8. The number of amides is 1. The average molecular weight is 367 g/mol. The molecule has 6 heteroatoms. The van der Waals surface area contributed by atoms with Crippen molar-refractivity contribution in [3.05, 3.63) is 47.7 Å². The molecule has 6 nitrogen and oxygen atoms in total. The molecule has 0 unspecified atom stereocenters. The van der Waals surface area contributed by atoms with Gasteiger partial charge in [-0.1, -0.05) is 0 Å². The van der Waals surface area contributed by atoms with Crippen LogP contribution in [-0.4, -0.2) is 42.2 Å². The number of anilines is 1. The van der Waals surface area contributed by atoms with E-state index in [4.69, 9.17) is 9.15 Å². The lowest BCUT2D eigenvalue weighted by molar-refractivity contribution is 0.0141. The molecule has 0 aromatic carbocycles. The van der Waals surface area contributed by atoms with E-state index in [9.17, 15) is 4.79 Å². The molecular weight excluding hydrogens is 342 g/mol. The van der Waals surface area contributed by atoms with Crippen LogP contribution < -0.4 is 10.2 Å². The van der Waals surface area contributed by atoms with Crippen molar-refractivity contribution < 1.29 is 13.9 Å². The predicted octanol–water partition coefficient (Wildman–Crippen LogP) is 2.71. The Balaban J connectivity index is 1.32. The fraction of sp³-hybridized carbons (Fsp3) is 0.524. The van der Waals surface area contributed by atoms with Crippen molar-refractivity contribution in [1.82, 2.24) is 10.3 Å². The third-order valence-electron chi connectivity index (χ3n) is 6.46. The van der Waals surface area contributed by atoms with Gasteiger partial charge in [0.05, 0.1) is 18.0 Å². The van der Waals surface area contributed by atoms with Gasteiger partial charge in [-0.15, -0.1) is 0 Å². The van der Waals surface area contributed by atoms with Crippen LogP contribution in [0.15, 0.2) is 34.9 Å². The van der Waals surface area contributed by atoms with Crippen molar-refractivity contribution in [2.24, 2.45) is 11.8 Å². The number of pyridine rings is 1. The van der Waals surface area contributed by atoms with Gasteiger partial charge in [-0.25, -0.2) is 0 Å². The van der Waals surface area contributed by atoms with Crippen molar-refractivity contribution in [3.8, 4) is 0 Å². The summed E-state index contributed by atoms with van der Waals surface area (Å²) in [5.74, 6) is 1.02. The van der Waals surface area contributed by atoms with E-state index in [0.717, 1.165) is 37.3 Å². The molecule has 1 amide bonds. The Morgan fingerprint density at radius 1 is 1.37 bits per heavy atom. The highest BCUT2D eigenvalue weighted by Crippen LogP contribution is 2.55. The lowest BCUT2D eigenvalue weighted by atomic mass is 9.73. The first-order chi connectivity index (χ1) is 13.0. The van der Waals surface area contributed by atoms with Gasteiger partial charge in [-0.2, -0.15) is 0 Å². The number of carbonyl (C=O) groups is 1. The molecule has 0 radical (unpaired) electrons. The standard InChI is InChI=1S/C21H25N3O3/c1-13-8-15(9-14(2)23-13)24-11-17-16(18-5-6-21(17,12-24)27-18)10-22-20(25)19-4-3-7-26-19/h3-4,7-9,16-18H,5-6,10-12H2,1-2H3,(H,22,25)/t16-,17+,18+,21+/m0/s1. The molecule has 0 saturated carbocycles. The number of hydrogen-bond acceptors (Lipinski definition) is 5. The number of hydrogen-bond donors (Lipinski definition) is 1. The van der Waals surface area contributed by atoms with Crippen LogP contribution in [0.4, 0.5) is 5.69 Å². The van der Waals surface area contributed by atoms with Gasteiger partial charge in [0, 0.05) is 48.5 Å². The van der Waals surface area contributed by atoms with E-state index in [2.05, 4.69) is 27.3 Å². The summed E-state index contributed by atoms with van der Waals surface area (Å²) in [4.78, 5) is 19.2. The second-order valence-electron chi connectivity index (χ2n) is 8.21. The minimum atomic E-state index is -0.146. The SMILES string of the molecule is Cc1cc(N2C[C@@H]3[C@H](CNC(=O)c4ccco4)[C@H]4CC[C@]3(C2)O4)cc(C)n1. The Kier molecular flexibility index (Phi) is 3.79. The van der Waals surface area contributed by atoms with Crippen LogP contribution in [0.2, 0.25) is 0 Å². The van der Waals surface area contributed by atoms with Crippen molar-refractivity contribution >= 4 is 11.6 Å². The maximum Gasteiger partial charge on any atom is 0.286 e. The predicted molar refractivity (Wildman–Crippen MR) is 101 cm³/mol. The maximum atomic E-state index is 12.3.